The number of fused-ring (bicyclic) bond motifs is 5. The first-order valence-corrected chi connectivity index (χ1v) is 7.83. The van der Waals surface area contributed by atoms with Gasteiger partial charge >= 0.3 is 0 Å². The quantitative estimate of drug-likeness (QED) is 0.487. The third-order valence-corrected chi connectivity index (χ3v) is 4.40. The van der Waals surface area contributed by atoms with E-state index in [-0.39, 0.29) is 0 Å². The van der Waals surface area contributed by atoms with Crippen LogP contribution in [0.4, 0.5) is 0 Å². The van der Waals surface area contributed by atoms with Crippen molar-refractivity contribution in [3.8, 4) is 17.1 Å². The van der Waals surface area contributed by atoms with Crippen LogP contribution < -0.4 is 0 Å². The van der Waals surface area contributed by atoms with Crippen molar-refractivity contribution in [2.24, 2.45) is 0 Å². The van der Waals surface area contributed by atoms with Crippen molar-refractivity contribution in [1.82, 2.24) is 24.3 Å². The van der Waals surface area contributed by atoms with Crippen LogP contribution in [0.3, 0.4) is 0 Å². The Labute approximate surface area is 134 Å². The van der Waals surface area contributed by atoms with E-state index in [1.807, 2.05) is 24.0 Å². The third kappa shape index (κ3) is 1.93. The van der Waals surface area contributed by atoms with Gasteiger partial charge in [-0.2, -0.15) is 5.10 Å². The molecular weight excluding hydrogens is 354 g/mol. The van der Waals surface area contributed by atoms with E-state index >= 15 is 0 Å². The van der Waals surface area contributed by atoms with Crippen LogP contribution in [0.5, 0.6) is 0 Å². The zero-order valence-electron chi connectivity index (χ0n) is 11.2. The van der Waals surface area contributed by atoms with Crippen molar-refractivity contribution in [1.29, 1.82) is 0 Å². The Kier molecular flexibility index (Phi) is 2.90. The summed E-state index contributed by atoms with van der Waals surface area (Å²) >= 11 is 9.42. The van der Waals surface area contributed by atoms with Gasteiger partial charge in [-0.15, -0.1) is 11.6 Å². The molecule has 1 aliphatic heterocycles. The van der Waals surface area contributed by atoms with Crippen LogP contribution in [0.25, 0.3) is 17.1 Å². The minimum absolute atomic E-state index is 0.307. The lowest BCUT2D eigenvalue weighted by Crippen LogP contribution is -2.06. The van der Waals surface area contributed by atoms with E-state index in [9.17, 15) is 0 Å². The van der Waals surface area contributed by atoms with Gasteiger partial charge in [0.05, 0.1) is 35.8 Å². The molecule has 106 valence electrons. The second-order valence-electron chi connectivity index (χ2n) is 4.95. The van der Waals surface area contributed by atoms with Gasteiger partial charge in [0.25, 0.3) is 0 Å². The second kappa shape index (κ2) is 4.68. The van der Waals surface area contributed by atoms with Crippen molar-refractivity contribution in [2.75, 3.05) is 0 Å². The molecule has 0 spiro atoms. The number of halogens is 2. The molecule has 5 nitrogen and oxygen atoms in total. The number of aryl methyl sites for hydroxylation is 1. The maximum atomic E-state index is 5.89. The highest BCUT2D eigenvalue weighted by atomic mass is 79.9. The molecule has 0 amide bonds. The summed E-state index contributed by atoms with van der Waals surface area (Å²) in [4.78, 5) is 8.99. The first-order valence-electron chi connectivity index (χ1n) is 6.50. The van der Waals surface area contributed by atoms with Gasteiger partial charge < -0.3 is 4.57 Å². The molecule has 3 aromatic rings. The van der Waals surface area contributed by atoms with Gasteiger partial charge in [-0.3, -0.25) is 0 Å². The maximum Gasteiger partial charge on any atom is 0.166 e. The molecule has 0 saturated carbocycles. The summed E-state index contributed by atoms with van der Waals surface area (Å²) in [5.41, 5.74) is 4.19. The number of benzene rings is 1. The molecule has 0 bridgehead atoms. The summed E-state index contributed by atoms with van der Waals surface area (Å²) in [6.45, 7) is 2.64. The molecule has 3 heterocycles. The third-order valence-electron chi connectivity index (χ3n) is 3.67. The molecule has 0 saturated heterocycles. The number of hydrogen-bond acceptors (Lipinski definition) is 3. The topological polar surface area (TPSA) is 48.5 Å². The van der Waals surface area contributed by atoms with E-state index in [2.05, 4.69) is 47.7 Å². The Morgan fingerprint density at radius 1 is 1.38 bits per heavy atom. The molecule has 0 radical (unpaired) electrons. The Morgan fingerprint density at radius 2 is 2.24 bits per heavy atom. The SMILES string of the molecule is Cc1ncn2c1Cn1nc(CCl)nc1-c1cc(Br)ccc1-2. The first kappa shape index (κ1) is 13.0. The largest absolute Gasteiger partial charge is 0.300 e. The van der Waals surface area contributed by atoms with Crippen LogP contribution in [0.1, 0.15) is 17.2 Å². The standard InChI is InChI=1S/C14H11BrClN5/c1-8-12-6-21-14(18-13(5-16)19-21)10-4-9(15)2-3-11(10)20(12)7-17-8/h2-4,7H,5-6H2,1H3. The molecular formula is C14H11BrClN5. The van der Waals surface area contributed by atoms with E-state index in [0.717, 1.165) is 32.9 Å². The molecule has 0 atom stereocenters. The van der Waals surface area contributed by atoms with Crippen molar-refractivity contribution in [3.63, 3.8) is 0 Å². The van der Waals surface area contributed by atoms with Crippen molar-refractivity contribution in [3.05, 3.63) is 46.2 Å². The number of nitrogens with zero attached hydrogens (tertiary/aromatic N) is 5. The van der Waals surface area contributed by atoms with Crippen molar-refractivity contribution < 1.29 is 0 Å². The molecule has 0 fully saturated rings. The van der Waals surface area contributed by atoms with E-state index in [4.69, 9.17) is 11.6 Å². The number of aromatic nitrogens is 5. The average molecular weight is 365 g/mol. The van der Waals surface area contributed by atoms with E-state index in [1.54, 1.807) is 0 Å². The van der Waals surface area contributed by atoms with Crippen LogP contribution >= 0.6 is 27.5 Å². The number of alkyl halides is 1. The molecule has 1 aromatic carbocycles. The predicted octanol–water partition coefficient (Wildman–Crippen LogP) is 3.30. The smallest absolute Gasteiger partial charge is 0.166 e. The Hall–Kier alpha value is -1.66. The van der Waals surface area contributed by atoms with Gasteiger partial charge in [0.1, 0.15) is 0 Å². The molecule has 21 heavy (non-hydrogen) atoms. The predicted molar refractivity (Wildman–Crippen MR) is 83.7 cm³/mol. The minimum atomic E-state index is 0.307. The highest BCUT2D eigenvalue weighted by Crippen LogP contribution is 2.33. The van der Waals surface area contributed by atoms with Gasteiger partial charge in [-0.1, -0.05) is 15.9 Å². The Morgan fingerprint density at radius 3 is 3.05 bits per heavy atom. The molecule has 0 aliphatic carbocycles. The molecule has 2 aromatic heterocycles. The molecule has 4 rings (SSSR count). The molecule has 7 heteroatoms. The zero-order chi connectivity index (χ0) is 14.6. The van der Waals surface area contributed by atoms with E-state index in [1.165, 1.54) is 0 Å². The summed E-state index contributed by atoms with van der Waals surface area (Å²) in [6.07, 6.45) is 1.85. The summed E-state index contributed by atoms with van der Waals surface area (Å²) in [6, 6.07) is 6.14. The second-order valence-corrected chi connectivity index (χ2v) is 6.13. The van der Waals surface area contributed by atoms with Gasteiger partial charge in [-0.05, 0) is 25.1 Å². The minimum Gasteiger partial charge on any atom is -0.300 e. The summed E-state index contributed by atoms with van der Waals surface area (Å²) in [7, 11) is 0. The van der Waals surface area contributed by atoms with Crippen molar-refractivity contribution >= 4 is 27.5 Å². The van der Waals surface area contributed by atoms with Crippen LogP contribution in [0, 0.1) is 6.92 Å². The summed E-state index contributed by atoms with van der Waals surface area (Å²) in [5, 5.41) is 4.49. The first-order chi connectivity index (χ1) is 10.2. The fourth-order valence-electron chi connectivity index (χ4n) is 2.66. The lowest BCUT2D eigenvalue weighted by Gasteiger charge is -2.08. The number of rotatable bonds is 1. The Balaban J connectivity index is 2.08. The summed E-state index contributed by atoms with van der Waals surface area (Å²) in [5.74, 6) is 1.79. The van der Waals surface area contributed by atoms with Gasteiger partial charge in [0.15, 0.2) is 11.6 Å². The number of hydrogen-bond donors (Lipinski definition) is 0. The van der Waals surface area contributed by atoms with Gasteiger partial charge in [0, 0.05) is 10.0 Å². The summed E-state index contributed by atoms with van der Waals surface area (Å²) < 4.78 is 5.01. The van der Waals surface area contributed by atoms with E-state index in [0.29, 0.717) is 18.2 Å². The van der Waals surface area contributed by atoms with Crippen molar-refractivity contribution in [2.45, 2.75) is 19.3 Å². The average Bonchev–Trinajstić information content (AvgIpc) is 3.01. The van der Waals surface area contributed by atoms with Gasteiger partial charge in [0.2, 0.25) is 0 Å². The molecule has 1 aliphatic rings. The monoisotopic (exact) mass is 363 g/mol. The highest BCUT2D eigenvalue weighted by Gasteiger charge is 2.23. The Bertz CT molecular complexity index is 851. The molecule has 0 N–H and O–H groups in total. The zero-order valence-corrected chi connectivity index (χ0v) is 13.6. The fourth-order valence-corrected chi connectivity index (χ4v) is 3.13. The normalized spacial score (nSPS) is 12.5. The lowest BCUT2D eigenvalue weighted by molar-refractivity contribution is 0.666. The lowest BCUT2D eigenvalue weighted by atomic mass is 10.1. The highest BCUT2D eigenvalue weighted by molar-refractivity contribution is 9.10. The van der Waals surface area contributed by atoms with Crippen LogP contribution in [-0.4, -0.2) is 24.3 Å². The van der Waals surface area contributed by atoms with Crippen LogP contribution in [0.2, 0.25) is 0 Å². The number of imidazole rings is 1. The van der Waals surface area contributed by atoms with E-state index < -0.39 is 0 Å². The van der Waals surface area contributed by atoms with Crippen LogP contribution in [0.15, 0.2) is 29.0 Å². The molecule has 0 unspecified atom stereocenters. The maximum absolute atomic E-state index is 5.89. The van der Waals surface area contributed by atoms with Crippen LogP contribution in [-0.2, 0) is 12.4 Å². The fraction of sp³-hybridized carbons (Fsp3) is 0.214. The van der Waals surface area contributed by atoms with Gasteiger partial charge in [-0.25, -0.2) is 14.6 Å².